The van der Waals surface area contributed by atoms with Crippen LogP contribution in [0.2, 0.25) is 0 Å². The van der Waals surface area contributed by atoms with Gasteiger partial charge in [0, 0.05) is 12.2 Å². The number of nitrogens with zero attached hydrogens (tertiary/aromatic N) is 1. The molecular weight excluding hydrogens is 252 g/mol. The van der Waals surface area contributed by atoms with E-state index < -0.39 is 0 Å². The Kier molecular flexibility index (Phi) is 4.58. The van der Waals surface area contributed by atoms with Gasteiger partial charge in [-0.05, 0) is 53.7 Å². The third-order valence-corrected chi connectivity index (χ3v) is 3.29. The smallest absolute Gasteiger partial charge is 0.140 e. The van der Waals surface area contributed by atoms with Crippen LogP contribution >= 0.6 is 15.9 Å². The second-order valence-corrected chi connectivity index (χ2v) is 5.26. The first-order chi connectivity index (χ1) is 7.00. The van der Waals surface area contributed by atoms with Gasteiger partial charge in [0.15, 0.2) is 0 Å². The predicted molar refractivity (Wildman–Crippen MR) is 69.2 cm³/mol. The summed E-state index contributed by atoms with van der Waals surface area (Å²) in [7, 11) is 0. The van der Waals surface area contributed by atoms with Gasteiger partial charge in [0.25, 0.3) is 0 Å². The van der Waals surface area contributed by atoms with E-state index in [1.165, 1.54) is 5.56 Å². The molecule has 84 valence electrons. The van der Waals surface area contributed by atoms with Crippen molar-refractivity contribution in [2.24, 2.45) is 5.92 Å². The topological polar surface area (TPSA) is 24.9 Å². The van der Waals surface area contributed by atoms with Crippen LogP contribution in [0, 0.1) is 12.8 Å². The summed E-state index contributed by atoms with van der Waals surface area (Å²) in [5, 5.41) is 3.42. The van der Waals surface area contributed by atoms with E-state index >= 15 is 0 Å². The highest BCUT2D eigenvalue weighted by atomic mass is 79.9. The minimum atomic E-state index is 0.454. The summed E-state index contributed by atoms with van der Waals surface area (Å²) in [6.07, 6.45) is 2.99. The van der Waals surface area contributed by atoms with Gasteiger partial charge in [0.2, 0.25) is 0 Å². The zero-order chi connectivity index (χ0) is 11.4. The fourth-order valence-corrected chi connectivity index (χ4v) is 1.99. The molecule has 1 N–H and O–H groups in total. The molecule has 0 spiro atoms. The number of nitrogens with one attached hydrogen (secondary N) is 1. The Morgan fingerprint density at radius 1 is 1.40 bits per heavy atom. The number of anilines is 1. The molecule has 0 aliphatic heterocycles. The van der Waals surface area contributed by atoms with Crippen molar-refractivity contribution in [2.75, 3.05) is 5.32 Å². The van der Waals surface area contributed by atoms with Gasteiger partial charge in [0.1, 0.15) is 5.82 Å². The average molecular weight is 271 g/mol. The number of halogens is 1. The molecule has 15 heavy (non-hydrogen) atoms. The van der Waals surface area contributed by atoms with Crippen molar-refractivity contribution in [3.63, 3.8) is 0 Å². The van der Waals surface area contributed by atoms with Gasteiger partial charge in [-0.1, -0.05) is 13.8 Å². The van der Waals surface area contributed by atoms with Gasteiger partial charge in [-0.25, -0.2) is 4.98 Å². The molecule has 0 amide bonds. The fourth-order valence-electron chi connectivity index (χ4n) is 1.64. The molecule has 1 unspecified atom stereocenters. The lowest BCUT2D eigenvalue weighted by molar-refractivity contribution is 0.538. The van der Waals surface area contributed by atoms with Crippen LogP contribution in [0.5, 0.6) is 0 Å². The van der Waals surface area contributed by atoms with Crippen LogP contribution in [-0.4, -0.2) is 11.0 Å². The Bertz CT molecular complexity index is 323. The second kappa shape index (κ2) is 5.50. The molecule has 3 heteroatoms. The van der Waals surface area contributed by atoms with Crippen molar-refractivity contribution < 1.29 is 0 Å². The lowest BCUT2D eigenvalue weighted by Crippen LogP contribution is -2.18. The van der Waals surface area contributed by atoms with E-state index in [0.29, 0.717) is 12.0 Å². The van der Waals surface area contributed by atoms with Crippen molar-refractivity contribution in [1.29, 1.82) is 0 Å². The summed E-state index contributed by atoms with van der Waals surface area (Å²) < 4.78 is 1.07. The van der Waals surface area contributed by atoms with Gasteiger partial charge in [0.05, 0.1) is 4.47 Å². The highest BCUT2D eigenvalue weighted by Crippen LogP contribution is 2.24. The van der Waals surface area contributed by atoms with Crippen LogP contribution in [0.4, 0.5) is 5.82 Å². The molecule has 1 rings (SSSR count). The molecule has 1 heterocycles. The Morgan fingerprint density at radius 2 is 2.07 bits per heavy atom. The van der Waals surface area contributed by atoms with Gasteiger partial charge >= 0.3 is 0 Å². The van der Waals surface area contributed by atoms with E-state index in [1.54, 1.807) is 0 Å². The Labute approximate surface area is 101 Å². The first kappa shape index (κ1) is 12.5. The summed E-state index contributed by atoms with van der Waals surface area (Å²) >= 11 is 3.55. The monoisotopic (exact) mass is 270 g/mol. The molecule has 1 atom stereocenters. The lowest BCUT2D eigenvalue weighted by Gasteiger charge is -2.17. The van der Waals surface area contributed by atoms with Crippen molar-refractivity contribution >= 4 is 21.7 Å². The number of rotatable bonds is 4. The molecule has 0 aromatic carbocycles. The van der Waals surface area contributed by atoms with Crippen LogP contribution in [0.3, 0.4) is 0 Å². The zero-order valence-electron chi connectivity index (χ0n) is 9.84. The Balaban J connectivity index is 2.68. The second-order valence-electron chi connectivity index (χ2n) is 4.47. The summed E-state index contributed by atoms with van der Waals surface area (Å²) in [5.74, 6) is 1.65. The van der Waals surface area contributed by atoms with Gasteiger partial charge < -0.3 is 5.32 Å². The van der Waals surface area contributed by atoms with E-state index in [4.69, 9.17) is 0 Å². The van der Waals surface area contributed by atoms with Crippen molar-refractivity contribution in [1.82, 2.24) is 4.98 Å². The average Bonchev–Trinajstić information content (AvgIpc) is 2.11. The number of aromatic nitrogens is 1. The summed E-state index contributed by atoms with van der Waals surface area (Å²) in [6, 6.07) is 2.46. The maximum absolute atomic E-state index is 4.33. The van der Waals surface area contributed by atoms with E-state index in [0.717, 1.165) is 16.7 Å². The summed E-state index contributed by atoms with van der Waals surface area (Å²) in [5.41, 5.74) is 1.21. The number of hydrogen-bond donors (Lipinski definition) is 1. The van der Waals surface area contributed by atoms with Crippen molar-refractivity contribution in [2.45, 2.75) is 40.2 Å². The van der Waals surface area contributed by atoms with Gasteiger partial charge in [-0.15, -0.1) is 0 Å². The third kappa shape index (κ3) is 3.82. The zero-order valence-corrected chi connectivity index (χ0v) is 11.4. The lowest BCUT2D eigenvalue weighted by atomic mass is 10.1. The Morgan fingerprint density at radius 3 is 2.67 bits per heavy atom. The highest BCUT2D eigenvalue weighted by molar-refractivity contribution is 9.10. The molecular formula is C12H19BrN2. The van der Waals surface area contributed by atoms with E-state index in [-0.39, 0.29) is 0 Å². The summed E-state index contributed by atoms with van der Waals surface area (Å²) in [4.78, 5) is 4.33. The quantitative estimate of drug-likeness (QED) is 0.895. The van der Waals surface area contributed by atoms with Crippen LogP contribution in [0.1, 0.15) is 32.8 Å². The molecule has 0 saturated heterocycles. The maximum atomic E-state index is 4.33. The molecule has 0 saturated carbocycles. The van der Waals surface area contributed by atoms with Crippen LogP contribution in [0.15, 0.2) is 16.7 Å². The molecule has 0 aliphatic carbocycles. The molecule has 0 bridgehead atoms. The summed E-state index contributed by atoms with van der Waals surface area (Å²) in [6.45, 7) is 8.73. The van der Waals surface area contributed by atoms with Gasteiger partial charge in [-0.3, -0.25) is 0 Å². The van der Waals surface area contributed by atoms with Crippen molar-refractivity contribution in [3.8, 4) is 0 Å². The molecule has 0 radical (unpaired) electrons. The first-order valence-corrected chi connectivity index (χ1v) is 6.17. The van der Waals surface area contributed by atoms with E-state index in [2.05, 4.69) is 53.9 Å². The molecule has 2 nitrogen and oxygen atoms in total. The number of hydrogen-bond acceptors (Lipinski definition) is 2. The first-order valence-electron chi connectivity index (χ1n) is 5.38. The normalized spacial score (nSPS) is 12.9. The van der Waals surface area contributed by atoms with Crippen molar-refractivity contribution in [3.05, 3.63) is 22.3 Å². The van der Waals surface area contributed by atoms with E-state index in [9.17, 15) is 0 Å². The highest BCUT2D eigenvalue weighted by Gasteiger charge is 2.08. The molecule has 1 aromatic rings. The third-order valence-electron chi connectivity index (χ3n) is 2.29. The Hall–Kier alpha value is -0.570. The van der Waals surface area contributed by atoms with Crippen LogP contribution in [0.25, 0.3) is 0 Å². The molecule has 0 fully saturated rings. The van der Waals surface area contributed by atoms with Gasteiger partial charge in [-0.2, -0.15) is 0 Å². The molecule has 0 aliphatic rings. The van der Waals surface area contributed by atoms with Crippen LogP contribution < -0.4 is 5.32 Å². The maximum Gasteiger partial charge on any atom is 0.140 e. The minimum absolute atomic E-state index is 0.454. The number of aryl methyl sites for hydroxylation is 1. The molecule has 1 aromatic heterocycles. The minimum Gasteiger partial charge on any atom is -0.367 e. The van der Waals surface area contributed by atoms with E-state index in [1.807, 2.05) is 12.3 Å². The largest absolute Gasteiger partial charge is 0.367 e. The standard InChI is InChI=1S/C12H19BrN2/c1-8(2)7-10(4)15-12-11(13)9(3)5-6-14-12/h5-6,8,10H,7H2,1-4H3,(H,14,15). The number of pyridine rings is 1. The SMILES string of the molecule is Cc1ccnc(NC(C)CC(C)C)c1Br. The van der Waals surface area contributed by atoms with Crippen LogP contribution in [-0.2, 0) is 0 Å². The predicted octanol–water partition coefficient (Wildman–Crippen LogP) is 4.00. The fraction of sp³-hybridized carbons (Fsp3) is 0.583.